The number of hydrogen-bond acceptors (Lipinski definition) is 4. The second kappa shape index (κ2) is 5.62. The molecule has 0 atom stereocenters. The minimum Gasteiger partial charge on any atom is -0.493 e. The summed E-state index contributed by atoms with van der Waals surface area (Å²) in [5.74, 6) is -0.0425. The molecule has 3 aromatic rings. The quantitative estimate of drug-likeness (QED) is 0.765. The number of aromatic hydroxyl groups is 1. The van der Waals surface area contributed by atoms with Crippen molar-refractivity contribution in [2.75, 3.05) is 0 Å². The molecule has 4 rings (SSSR count). The van der Waals surface area contributed by atoms with E-state index in [0.717, 1.165) is 33.7 Å². The van der Waals surface area contributed by atoms with Crippen molar-refractivity contribution in [1.82, 2.24) is 4.57 Å². The van der Waals surface area contributed by atoms with E-state index in [4.69, 9.17) is 0 Å². The fourth-order valence-electron chi connectivity index (χ4n) is 2.69. The Morgan fingerprint density at radius 3 is 2.67 bits per heavy atom. The van der Waals surface area contributed by atoms with Crippen molar-refractivity contribution in [3.8, 4) is 11.6 Å². The van der Waals surface area contributed by atoms with Crippen LogP contribution in [0, 0.1) is 6.92 Å². The van der Waals surface area contributed by atoms with Gasteiger partial charge in [0, 0.05) is 17.4 Å². The van der Waals surface area contributed by atoms with Crippen LogP contribution in [-0.4, -0.2) is 15.9 Å². The van der Waals surface area contributed by atoms with E-state index >= 15 is 0 Å². The van der Waals surface area contributed by atoms with E-state index in [1.54, 1.807) is 12.3 Å². The van der Waals surface area contributed by atoms with Gasteiger partial charge in [-0.1, -0.05) is 47.2 Å². The Morgan fingerprint density at radius 2 is 1.88 bits per heavy atom. The number of rotatable bonds is 2. The number of nitrogens with zero attached hydrogens (tertiary/aromatic N) is 2. The van der Waals surface area contributed by atoms with Crippen molar-refractivity contribution in [3.63, 3.8) is 0 Å². The van der Waals surface area contributed by atoms with Crippen LogP contribution in [0.2, 0.25) is 0 Å². The maximum atomic E-state index is 12.3. The SMILES string of the molecule is Cc1ccc(-n2c(O)c(C=C3C=Nc4ccccc43)sc2=O)cc1. The lowest BCUT2D eigenvalue weighted by atomic mass is 10.1. The van der Waals surface area contributed by atoms with Gasteiger partial charge in [-0.25, -0.2) is 4.57 Å². The molecule has 118 valence electrons. The Balaban J connectivity index is 1.81. The van der Waals surface area contributed by atoms with Gasteiger partial charge in [-0.2, -0.15) is 0 Å². The van der Waals surface area contributed by atoms with Gasteiger partial charge >= 0.3 is 4.87 Å². The summed E-state index contributed by atoms with van der Waals surface area (Å²) in [4.78, 5) is 17.0. The zero-order chi connectivity index (χ0) is 16.7. The molecule has 1 N–H and O–H groups in total. The fourth-order valence-corrected chi connectivity index (χ4v) is 3.53. The van der Waals surface area contributed by atoms with Gasteiger partial charge in [0.1, 0.15) is 0 Å². The van der Waals surface area contributed by atoms with E-state index in [1.165, 1.54) is 4.57 Å². The molecule has 0 saturated carbocycles. The molecule has 0 aliphatic carbocycles. The Labute approximate surface area is 142 Å². The summed E-state index contributed by atoms with van der Waals surface area (Å²) in [6, 6.07) is 15.3. The Hall–Kier alpha value is -2.92. The average molecular weight is 334 g/mol. The van der Waals surface area contributed by atoms with E-state index in [9.17, 15) is 9.90 Å². The Bertz CT molecular complexity index is 1040. The molecule has 5 heteroatoms. The number of aromatic nitrogens is 1. The molecule has 0 radical (unpaired) electrons. The summed E-state index contributed by atoms with van der Waals surface area (Å²) in [7, 11) is 0. The molecule has 2 heterocycles. The summed E-state index contributed by atoms with van der Waals surface area (Å²) in [5.41, 5.74) is 4.54. The van der Waals surface area contributed by atoms with Gasteiger partial charge in [0.2, 0.25) is 5.88 Å². The van der Waals surface area contributed by atoms with Crippen molar-refractivity contribution < 1.29 is 5.11 Å². The van der Waals surface area contributed by atoms with Gasteiger partial charge in [0.05, 0.1) is 16.3 Å². The number of allylic oxidation sites excluding steroid dienone is 1. The molecule has 0 unspecified atom stereocenters. The van der Waals surface area contributed by atoms with Crippen LogP contribution in [0.4, 0.5) is 5.69 Å². The molecule has 1 aliphatic heterocycles. The van der Waals surface area contributed by atoms with E-state index < -0.39 is 0 Å². The third-order valence-corrected chi connectivity index (χ3v) is 4.83. The third kappa shape index (κ3) is 2.39. The van der Waals surface area contributed by atoms with Crippen molar-refractivity contribution in [2.45, 2.75) is 6.92 Å². The highest BCUT2D eigenvalue weighted by Crippen LogP contribution is 2.34. The number of thiazole rings is 1. The Morgan fingerprint density at radius 1 is 1.12 bits per heavy atom. The standard InChI is InChI=1S/C19H14N2O2S/c1-12-6-8-14(9-7-12)21-18(22)17(24-19(21)23)10-13-11-20-16-5-3-2-4-15(13)16/h2-11,22H,1H3. The molecule has 4 nitrogen and oxygen atoms in total. The van der Waals surface area contributed by atoms with Crippen LogP contribution < -0.4 is 4.87 Å². The lowest BCUT2D eigenvalue weighted by Crippen LogP contribution is -2.09. The van der Waals surface area contributed by atoms with Gasteiger partial charge in [0.25, 0.3) is 0 Å². The maximum absolute atomic E-state index is 12.3. The van der Waals surface area contributed by atoms with Crippen LogP contribution >= 0.6 is 11.3 Å². The molecule has 1 aromatic heterocycles. The third-order valence-electron chi connectivity index (χ3n) is 3.95. The van der Waals surface area contributed by atoms with Crippen LogP contribution in [0.1, 0.15) is 16.0 Å². The minimum absolute atomic E-state index is 0.0425. The highest BCUT2D eigenvalue weighted by Gasteiger charge is 2.17. The van der Waals surface area contributed by atoms with Crippen molar-refractivity contribution >= 4 is 34.9 Å². The van der Waals surface area contributed by atoms with Gasteiger partial charge in [-0.15, -0.1) is 0 Å². The van der Waals surface area contributed by atoms with Crippen LogP contribution in [0.5, 0.6) is 5.88 Å². The highest BCUT2D eigenvalue weighted by atomic mass is 32.1. The summed E-state index contributed by atoms with van der Waals surface area (Å²) in [5, 5.41) is 10.5. The number of aliphatic imine (C=N–C) groups is 1. The molecule has 0 fully saturated rings. The molecular weight excluding hydrogens is 320 g/mol. The van der Waals surface area contributed by atoms with Crippen LogP contribution in [0.15, 0.2) is 58.3 Å². The normalized spacial score (nSPS) is 14.3. The largest absolute Gasteiger partial charge is 0.493 e. The number of fused-ring (bicyclic) bond motifs is 1. The molecule has 0 bridgehead atoms. The first-order valence-corrected chi connectivity index (χ1v) is 8.32. The first-order chi connectivity index (χ1) is 11.6. The topological polar surface area (TPSA) is 54.6 Å². The minimum atomic E-state index is -0.216. The summed E-state index contributed by atoms with van der Waals surface area (Å²) < 4.78 is 1.33. The number of aryl methyl sites for hydroxylation is 1. The second-order valence-electron chi connectivity index (χ2n) is 5.60. The smallest absolute Gasteiger partial charge is 0.315 e. The van der Waals surface area contributed by atoms with E-state index in [0.29, 0.717) is 10.6 Å². The lowest BCUT2D eigenvalue weighted by Gasteiger charge is -2.04. The molecule has 0 amide bonds. The number of benzene rings is 2. The fraction of sp³-hybridized carbons (Fsp3) is 0.0526. The molecule has 0 saturated heterocycles. The number of para-hydroxylation sites is 1. The second-order valence-corrected chi connectivity index (χ2v) is 6.60. The summed E-state index contributed by atoms with van der Waals surface area (Å²) in [6.45, 7) is 1.98. The van der Waals surface area contributed by atoms with Gasteiger partial charge < -0.3 is 5.11 Å². The van der Waals surface area contributed by atoms with Crippen LogP contribution in [-0.2, 0) is 0 Å². The molecule has 24 heavy (non-hydrogen) atoms. The van der Waals surface area contributed by atoms with Crippen molar-refractivity contribution in [1.29, 1.82) is 0 Å². The maximum Gasteiger partial charge on any atom is 0.315 e. The summed E-state index contributed by atoms with van der Waals surface area (Å²) >= 11 is 1.02. The Kier molecular flexibility index (Phi) is 3.43. The average Bonchev–Trinajstić information content (AvgIpc) is 3.11. The summed E-state index contributed by atoms with van der Waals surface area (Å²) in [6.07, 6.45) is 3.56. The zero-order valence-electron chi connectivity index (χ0n) is 12.9. The molecule has 0 spiro atoms. The van der Waals surface area contributed by atoms with E-state index in [-0.39, 0.29) is 10.8 Å². The highest BCUT2D eigenvalue weighted by molar-refractivity contribution is 7.10. The van der Waals surface area contributed by atoms with Gasteiger partial charge in [-0.3, -0.25) is 9.79 Å². The van der Waals surface area contributed by atoms with E-state index in [1.807, 2.05) is 55.5 Å². The van der Waals surface area contributed by atoms with Gasteiger partial charge in [-0.05, 0) is 31.2 Å². The van der Waals surface area contributed by atoms with Crippen molar-refractivity contribution in [2.24, 2.45) is 4.99 Å². The first kappa shape index (κ1) is 14.7. The molecule has 1 aliphatic rings. The predicted octanol–water partition coefficient (Wildman–Crippen LogP) is 4.17. The van der Waals surface area contributed by atoms with Crippen LogP contribution in [0.3, 0.4) is 0 Å². The molecular formula is C19H14N2O2S. The monoisotopic (exact) mass is 334 g/mol. The predicted molar refractivity (Wildman–Crippen MR) is 98.8 cm³/mol. The lowest BCUT2D eigenvalue weighted by molar-refractivity contribution is 0.440. The zero-order valence-corrected chi connectivity index (χ0v) is 13.7. The van der Waals surface area contributed by atoms with E-state index in [2.05, 4.69) is 4.99 Å². The van der Waals surface area contributed by atoms with Gasteiger partial charge in [0.15, 0.2) is 0 Å². The molecule has 2 aromatic carbocycles. The number of hydrogen-bond donors (Lipinski definition) is 1. The first-order valence-electron chi connectivity index (χ1n) is 7.50. The van der Waals surface area contributed by atoms with Crippen molar-refractivity contribution in [3.05, 3.63) is 74.2 Å². The van der Waals surface area contributed by atoms with Crippen LogP contribution in [0.25, 0.3) is 17.3 Å².